The van der Waals surface area contributed by atoms with Crippen LogP contribution < -0.4 is 10.5 Å². The molecule has 7 nitrogen and oxygen atoms in total. The van der Waals surface area contributed by atoms with Crippen molar-refractivity contribution < 1.29 is 13.2 Å². The van der Waals surface area contributed by atoms with Crippen molar-refractivity contribution in [3.8, 4) is 0 Å². The van der Waals surface area contributed by atoms with Gasteiger partial charge in [-0.3, -0.25) is 4.79 Å². The van der Waals surface area contributed by atoms with Crippen molar-refractivity contribution in [2.24, 2.45) is 5.14 Å². The lowest BCUT2D eigenvalue weighted by Crippen LogP contribution is -2.12. The predicted molar refractivity (Wildman–Crippen MR) is 90.4 cm³/mol. The minimum absolute atomic E-state index is 0.0377. The number of nitrogens with one attached hydrogen (secondary N) is 2. The molecule has 0 radical (unpaired) electrons. The fraction of sp³-hybridized carbons (Fsp3) is 0. The molecule has 1 aromatic carbocycles. The maximum absolute atomic E-state index is 12.3. The van der Waals surface area contributed by atoms with Gasteiger partial charge in [-0.15, -0.1) is 0 Å². The molecule has 4 rings (SSSR count). The van der Waals surface area contributed by atoms with Gasteiger partial charge in [-0.25, -0.2) is 18.5 Å². The van der Waals surface area contributed by atoms with E-state index in [2.05, 4.69) is 15.3 Å². The maximum Gasteiger partial charge on any atom is 0.256 e. The van der Waals surface area contributed by atoms with Crippen LogP contribution in [0.5, 0.6) is 0 Å². The molecule has 0 saturated heterocycles. The van der Waals surface area contributed by atoms with Gasteiger partial charge in [0.05, 0.1) is 4.90 Å². The summed E-state index contributed by atoms with van der Waals surface area (Å²) in [4.78, 5) is 19.5. The van der Waals surface area contributed by atoms with Crippen molar-refractivity contribution in [3.05, 3.63) is 53.9 Å². The van der Waals surface area contributed by atoms with Gasteiger partial charge < -0.3 is 10.3 Å². The summed E-state index contributed by atoms with van der Waals surface area (Å²) in [6.45, 7) is 0. The fourth-order valence-electron chi connectivity index (χ4n) is 2.74. The minimum atomic E-state index is -3.84. The summed E-state index contributed by atoms with van der Waals surface area (Å²) in [5, 5.41) is 8.76. The summed E-state index contributed by atoms with van der Waals surface area (Å²) in [5.41, 5.74) is 2.93. The average molecular weight is 340 g/mol. The molecule has 2 aromatic heterocycles. The van der Waals surface area contributed by atoms with Crippen LogP contribution in [0.25, 0.3) is 22.7 Å². The number of nitrogens with zero attached hydrogens (tertiary/aromatic N) is 1. The second kappa shape index (κ2) is 5.02. The number of anilines is 1. The molecule has 0 atom stereocenters. The van der Waals surface area contributed by atoms with Crippen molar-refractivity contribution in [2.45, 2.75) is 4.90 Å². The number of carbonyl (C=O) groups excluding carboxylic acids is 1. The first-order chi connectivity index (χ1) is 11.4. The summed E-state index contributed by atoms with van der Waals surface area (Å²) in [6.07, 6.45) is 5.12. The van der Waals surface area contributed by atoms with E-state index >= 15 is 0 Å². The van der Waals surface area contributed by atoms with Crippen LogP contribution in [0, 0.1) is 0 Å². The molecule has 24 heavy (non-hydrogen) atoms. The van der Waals surface area contributed by atoms with E-state index in [9.17, 15) is 13.2 Å². The number of sulfonamides is 1. The quantitative estimate of drug-likeness (QED) is 0.615. The third-order valence-electron chi connectivity index (χ3n) is 3.89. The Bertz CT molecular complexity index is 1130. The standard InChI is InChI=1S/C16H12N4O3S/c17-24(22,23)10-3-4-14-12(7-10)13(16(21)20-14)6-9-8-19-15-11(9)2-1-5-18-15/h1-8H,(H,18,19)(H,20,21)(H2,17,22,23). The Morgan fingerprint density at radius 3 is 2.83 bits per heavy atom. The molecule has 1 aliphatic heterocycles. The number of H-pyrrole nitrogens is 1. The van der Waals surface area contributed by atoms with E-state index in [0.717, 1.165) is 10.9 Å². The Balaban J connectivity index is 1.90. The normalized spacial score (nSPS) is 15.7. The van der Waals surface area contributed by atoms with E-state index in [1.54, 1.807) is 24.5 Å². The van der Waals surface area contributed by atoms with Crippen LogP contribution >= 0.6 is 0 Å². The van der Waals surface area contributed by atoms with Gasteiger partial charge >= 0.3 is 0 Å². The fourth-order valence-corrected chi connectivity index (χ4v) is 3.28. The number of benzene rings is 1. The van der Waals surface area contributed by atoms with E-state index in [1.165, 1.54) is 18.2 Å². The number of amides is 1. The second-order valence-electron chi connectivity index (χ2n) is 5.41. The van der Waals surface area contributed by atoms with Crippen molar-refractivity contribution in [1.82, 2.24) is 9.97 Å². The van der Waals surface area contributed by atoms with Crippen LogP contribution in [0.2, 0.25) is 0 Å². The Morgan fingerprint density at radius 2 is 2.04 bits per heavy atom. The van der Waals surface area contributed by atoms with Crippen LogP contribution in [-0.2, 0) is 14.8 Å². The summed E-state index contributed by atoms with van der Waals surface area (Å²) in [7, 11) is -3.84. The third-order valence-corrected chi connectivity index (χ3v) is 4.80. The zero-order valence-electron chi connectivity index (χ0n) is 12.3. The monoisotopic (exact) mass is 340 g/mol. The summed E-state index contributed by atoms with van der Waals surface area (Å²) < 4.78 is 23.1. The Hall–Kier alpha value is -2.97. The number of rotatable bonds is 2. The highest BCUT2D eigenvalue weighted by molar-refractivity contribution is 7.89. The van der Waals surface area contributed by atoms with E-state index < -0.39 is 10.0 Å². The molecule has 0 aliphatic carbocycles. The van der Waals surface area contributed by atoms with Crippen molar-refractivity contribution in [2.75, 3.05) is 5.32 Å². The second-order valence-corrected chi connectivity index (χ2v) is 6.97. The summed E-state index contributed by atoms with van der Waals surface area (Å²) >= 11 is 0. The zero-order valence-corrected chi connectivity index (χ0v) is 13.1. The third kappa shape index (κ3) is 2.29. The SMILES string of the molecule is NS(=O)(=O)c1ccc2c(c1)C(=Cc1c[nH]c3ncccc13)C(=O)N2. The molecule has 0 bridgehead atoms. The van der Waals surface area contributed by atoms with Crippen LogP contribution in [0.1, 0.15) is 11.1 Å². The Morgan fingerprint density at radius 1 is 1.21 bits per heavy atom. The summed E-state index contributed by atoms with van der Waals surface area (Å²) in [6, 6.07) is 8.00. The first kappa shape index (κ1) is 14.6. The minimum Gasteiger partial charge on any atom is -0.346 e. The van der Waals surface area contributed by atoms with E-state index in [4.69, 9.17) is 5.14 Å². The molecule has 8 heteroatoms. The molecule has 0 spiro atoms. The highest BCUT2D eigenvalue weighted by Gasteiger charge is 2.26. The molecule has 1 aliphatic rings. The van der Waals surface area contributed by atoms with Gasteiger partial charge in [-0.1, -0.05) is 0 Å². The number of hydrogen-bond acceptors (Lipinski definition) is 4. The molecule has 120 valence electrons. The van der Waals surface area contributed by atoms with Crippen LogP contribution in [0.3, 0.4) is 0 Å². The van der Waals surface area contributed by atoms with Crippen LogP contribution in [0.4, 0.5) is 5.69 Å². The molecule has 0 unspecified atom stereocenters. The van der Waals surface area contributed by atoms with Gasteiger partial charge in [0, 0.05) is 40.2 Å². The number of aromatic amines is 1. The predicted octanol–water partition coefficient (Wildman–Crippen LogP) is 1.70. The van der Waals surface area contributed by atoms with Gasteiger partial charge in [-0.05, 0) is 36.4 Å². The van der Waals surface area contributed by atoms with Crippen LogP contribution in [0.15, 0.2) is 47.6 Å². The lowest BCUT2D eigenvalue weighted by atomic mass is 10.0. The Labute approximate surface area is 137 Å². The first-order valence-electron chi connectivity index (χ1n) is 7.06. The molecule has 3 heterocycles. The number of primary sulfonamides is 1. The maximum atomic E-state index is 12.3. The molecule has 0 fully saturated rings. The highest BCUT2D eigenvalue weighted by atomic mass is 32.2. The number of hydrogen-bond donors (Lipinski definition) is 3. The van der Waals surface area contributed by atoms with Gasteiger partial charge in [-0.2, -0.15) is 0 Å². The Kier molecular flexibility index (Phi) is 3.05. The van der Waals surface area contributed by atoms with Gasteiger partial charge in [0.15, 0.2) is 0 Å². The van der Waals surface area contributed by atoms with Gasteiger partial charge in [0.1, 0.15) is 5.65 Å². The lowest BCUT2D eigenvalue weighted by Gasteiger charge is -2.02. The number of carbonyl (C=O) groups is 1. The molecular formula is C16H12N4O3S. The topological polar surface area (TPSA) is 118 Å². The van der Waals surface area contributed by atoms with Gasteiger partial charge in [0.2, 0.25) is 10.0 Å². The van der Waals surface area contributed by atoms with E-state index in [-0.39, 0.29) is 10.8 Å². The molecule has 1 amide bonds. The van der Waals surface area contributed by atoms with Gasteiger partial charge in [0.25, 0.3) is 5.91 Å². The smallest absolute Gasteiger partial charge is 0.256 e. The van der Waals surface area contributed by atoms with Crippen molar-refractivity contribution in [3.63, 3.8) is 0 Å². The number of nitrogens with two attached hydrogens (primary N) is 1. The first-order valence-corrected chi connectivity index (χ1v) is 8.60. The van der Waals surface area contributed by atoms with Crippen LogP contribution in [-0.4, -0.2) is 24.3 Å². The number of aromatic nitrogens is 2. The van der Waals surface area contributed by atoms with Crippen molar-refractivity contribution in [1.29, 1.82) is 0 Å². The molecular weight excluding hydrogens is 328 g/mol. The van der Waals surface area contributed by atoms with E-state index in [1.807, 2.05) is 6.07 Å². The molecule has 4 N–H and O–H groups in total. The number of fused-ring (bicyclic) bond motifs is 2. The molecule has 0 saturated carbocycles. The zero-order chi connectivity index (χ0) is 16.9. The largest absolute Gasteiger partial charge is 0.346 e. The van der Waals surface area contributed by atoms with E-state index in [0.29, 0.717) is 22.5 Å². The summed E-state index contributed by atoms with van der Waals surface area (Å²) in [5.74, 6) is -0.296. The number of pyridine rings is 1. The lowest BCUT2D eigenvalue weighted by molar-refractivity contribution is -0.110. The van der Waals surface area contributed by atoms with Crippen molar-refractivity contribution >= 4 is 44.3 Å². The average Bonchev–Trinajstić information content (AvgIpc) is 3.08. The molecule has 3 aromatic rings. The highest BCUT2D eigenvalue weighted by Crippen LogP contribution is 2.35.